The van der Waals surface area contributed by atoms with Gasteiger partial charge in [0, 0.05) is 43.7 Å². The maximum atomic E-state index is 10.2. The predicted octanol–water partition coefficient (Wildman–Crippen LogP) is 16.0. The molecule has 3 heteroatoms. The lowest BCUT2D eigenvalue weighted by Crippen LogP contribution is -1.98. The number of hydrogen-bond acceptors (Lipinski definition) is 0. The van der Waals surface area contributed by atoms with E-state index in [0.717, 1.165) is 38.0 Å². The van der Waals surface area contributed by atoms with E-state index in [-0.39, 0.29) is 5.56 Å². The summed E-state index contributed by atoms with van der Waals surface area (Å²) >= 11 is 0. The second-order valence-electron chi connectivity index (χ2n) is 13.9. The van der Waals surface area contributed by atoms with Crippen molar-refractivity contribution >= 4 is 65.4 Å². The molecular formula is C60H39N3. The number of benzene rings is 10. The van der Waals surface area contributed by atoms with Gasteiger partial charge >= 0.3 is 0 Å². The van der Waals surface area contributed by atoms with Crippen molar-refractivity contribution in [2.45, 2.75) is 0 Å². The van der Waals surface area contributed by atoms with Gasteiger partial charge in [0.15, 0.2) is 0 Å². The molecule has 10 aromatic carbocycles. The summed E-state index contributed by atoms with van der Waals surface area (Å²) in [5.74, 6) is 0. The summed E-state index contributed by atoms with van der Waals surface area (Å²) in [6.07, 6.45) is 0. The van der Waals surface area contributed by atoms with Gasteiger partial charge in [-0.2, -0.15) is 0 Å². The van der Waals surface area contributed by atoms with E-state index in [0.29, 0.717) is 0 Å². The molecular weight excluding hydrogens is 763 g/mol. The average molecular weight is 837 g/mol. The van der Waals surface area contributed by atoms with E-state index in [4.69, 9.17) is 30.2 Å². The van der Waals surface area contributed by atoms with E-state index in [1.54, 1.807) is 0 Å². The van der Waals surface area contributed by atoms with Gasteiger partial charge in [-0.25, -0.2) is 0 Å². The second-order valence-corrected chi connectivity index (χ2v) is 13.9. The average Bonchev–Trinajstić information content (AvgIpc) is 1.52. The summed E-state index contributed by atoms with van der Waals surface area (Å²) in [5, 5.41) is -3.11. The van der Waals surface area contributed by atoms with E-state index in [9.17, 15) is 17.8 Å². The highest BCUT2D eigenvalue weighted by atomic mass is 15.0. The van der Waals surface area contributed by atoms with Crippen LogP contribution in [0.5, 0.6) is 0 Å². The van der Waals surface area contributed by atoms with Gasteiger partial charge < -0.3 is 13.7 Å². The molecule has 63 heavy (non-hydrogen) atoms. The Hall–Kier alpha value is -8.40. The fourth-order valence-corrected chi connectivity index (χ4v) is 7.98. The van der Waals surface area contributed by atoms with Gasteiger partial charge in [0.25, 0.3) is 0 Å². The number of para-hydroxylation sites is 4. The van der Waals surface area contributed by atoms with Crippen molar-refractivity contribution in [3.63, 3.8) is 0 Å². The minimum absolute atomic E-state index is 0.378. The lowest BCUT2D eigenvalue weighted by atomic mass is 9.95. The van der Waals surface area contributed by atoms with Crippen LogP contribution in [0.25, 0.3) is 116 Å². The first-order chi connectivity index (χ1) is 45.8. The highest BCUT2D eigenvalue weighted by molar-refractivity contribution is 6.17. The molecule has 0 aliphatic heterocycles. The second kappa shape index (κ2) is 14.1. The molecule has 3 nitrogen and oxygen atoms in total. The van der Waals surface area contributed by atoms with Crippen LogP contribution in [0.15, 0.2) is 236 Å². The van der Waals surface area contributed by atoms with Gasteiger partial charge in [0.2, 0.25) is 0 Å². The Morgan fingerprint density at radius 2 is 0.683 bits per heavy atom. The Kier molecular flexibility index (Phi) is 3.40. The minimum atomic E-state index is -1.04. The standard InChI is InChI=1S/C60H39N3/c1-3-17-40(18-4-1)42-21-15-22-43(35-42)45-36-44(41-19-5-2-6-20-41)37-47(38-45)62-53-27-11-9-25-50(53)52-39-46(33-34-57(52)62)61-56-30-14-10-26-51(56)60-58(61)31-16-32-59(60)63-54-28-12-7-23-48(54)49-24-8-13-29-55(49)63/h1-39H/i1D,2D,3D,4D,5D,6D,7D,8D,9D,10D,11D,12D,13D,14D,15D,16D,17D,18D,19D,20D,21D,22D,23D,24D,25D,26D,27D,28D,29D,30D,31D,32D,33D,34D,35D. The first-order valence-corrected chi connectivity index (χ1v) is 18.8. The molecule has 0 saturated carbocycles. The summed E-state index contributed by atoms with van der Waals surface area (Å²) in [7, 11) is 0. The molecule has 0 atom stereocenters. The van der Waals surface area contributed by atoms with Crippen LogP contribution in [0, 0.1) is 0 Å². The lowest BCUT2D eigenvalue weighted by molar-refractivity contribution is 1.16. The highest BCUT2D eigenvalue weighted by Crippen LogP contribution is 2.42. The van der Waals surface area contributed by atoms with Crippen LogP contribution >= 0.6 is 0 Å². The summed E-state index contributed by atoms with van der Waals surface area (Å²) in [6, 6.07) is -27.3. The van der Waals surface area contributed by atoms with E-state index in [1.165, 1.54) is 0 Å². The monoisotopic (exact) mass is 837 g/mol. The van der Waals surface area contributed by atoms with Crippen LogP contribution in [0.4, 0.5) is 0 Å². The van der Waals surface area contributed by atoms with Crippen molar-refractivity contribution in [3.05, 3.63) is 236 Å². The highest BCUT2D eigenvalue weighted by Gasteiger charge is 2.21. The fourth-order valence-electron chi connectivity index (χ4n) is 7.98. The van der Waals surface area contributed by atoms with Crippen LogP contribution in [0.3, 0.4) is 0 Å². The topological polar surface area (TPSA) is 14.8 Å². The number of rotatable bonds is 6. The first kappa shape index (κ1) is 15.2. The third-order valence-corrected chi connectivity index (χ3v) is 10.6. The molecule has 0 bridgehead atoms. The molecule has 13 aromatic rings. The SMILES string of the molecule is [2H]c1c([2H])c([2H])c(-c2cc(-c3c([2H])c([2H])c([2H])c(-c4c([2H])c([2H])c([2H])c([2H])c4[2H])c3[2H])cc(-n3c4c([2H])c([2H])c(-n5c6c([2H])c([2H])c([2H])c([2H])c6c6c(-n7c8c([2H])c([2H])c([2H])c([2H])c8c8c([2H])c([2H])c([2H])c([2H])c87)c([2H])c([2H])c([2H])c65)cc4c4c([2H])c([2H])c([2H])c([2H])c43)c2)c([2H])c1[2H]. The molecule has 0 amide bonds. The maximum absolute atomic E-state index is 10.2. The summed E-state index contributed by atoms with van der Waals surface area (Å²) < 4.78 is 322. The van der Waals surface area contributed by atoms with Gasteiger partial charge in [0.1, 0.15) is 0 Å². The zero-order valence-electron chi connectivity index (χ0n) is 66.7. The summed E-state index contributed by atoms with van der Waals surface area (Å²) in [5.41, 5.74) is -8.90. The van der Waals surface area contributed by atoms with Crippen molar-refractivity contribution in [1.29, 1.82) is 0 Å². The van der Waals surface area contributed by atoms with Crippen molar-refractivity contribution in [2.75, 3.05) is 0 Å². The summed E-state index contributed by atoms with van der Waals surface area (Å²) in [6.45, 7) is 0. The zero-order valence-corrected chi connectivity index (χ0v) is 31.7. The summed E-state index contributed by atoms with van der Waals surface area (Å²) in [4.78, 5) is 0. The first-order valence-electron chi connectivity index (χ1n) is 36.3. The van der Waals surface area contributed by atoms with E-state index in [1.807, 2.05) is 0 Å². The van der Waals surface area contributed by atoms with Crippen LogP contribution in [0.2, 0.25) is 0 Å². The van der Waals surface area contributed by atoms with Gasteiger partial charge in [0.05, 0.1) is 86.8 Å². The van der Waals surface area contributed by atoms with Gasteiger partial charge in [-0.15, -0.1) is 0 Å². The normalized spacial score (nSPS) is 19.6. The van der Waals surface area contributed by atoms with Crippen LogP contribution in [-0.2, 0) is 0 Å². The van der Waals surface area contributed by atoms with Gasteiger partial charge in [-0.1, -0.05) is 157 Å². The molecule has 0 fully saturated rings. The van der Waals surface area contributed by atoms with Gasteiger partial charge in [-0.3, -0.25) is 0 Å². The quantitative estimate of drug-likeness (QED) is 0.158. The number of hydrogen-bond donors (Lipinski definition) is 0. The smallest absolute Gasteiger partial charge is 0.0646 e. The third kappa shape index (κ3) is 5.53. The van der Waals surface area contributed by atoms with Crippen LogP contribution < -0.4 is 0 Å². The van der Waals surface area contributed by atoms with Crippen LogP contribution in [0.1, 0.15) is 48.0 Å². The molecule has 0 aliphatic rings. The zero-order chi connectivity index (χ0) is 71.9. The molecule has 294 valence electrons. The molecule has 3 aromatic heterocycles. The molecule has 0 saturated heterocycles. The molecule has 0 spiro atoms. The Morgan fingerprint density at radius 3 is 1.33 bits per heavy atom. The fraction of sp³-hybridized carbons (Fsp3) is 0. The number of fused-ring (bicyclic) bond motifs is 9. The molecule has 13 rings (SSSR count). The predicted molar refractivity (Wildman–Crippen MR) is 266 cm³/mol. The van der Waals surface area contributed by atoms with Crippen LogP contribution in [-0.4, -0.2) is 13.7 Å². The van der Waals surface area contributed by atoms with Crippen molar-refractivity contribution < 1.29 is 48.0 Å². The molecule has 0 N–H and O–H groups in total. The van der Waals surface area contributed by atoms with Crippen molar-refractivity contribution in [1.82, 2.24) is 13.7 Å². The minimum Gasteiger partial charge on any atom is -0.309 e. The molecule has 0 unspecified atom stereocenters. The van der Waals surface area contributed by atoms with E-state index in [2.05, 4.69) is 0 Å². The Labute approximate surface area is 413 Å². The molecule has 0 aliphatic carbocycles. The Balaban J connectivity index is 1.23. The number of nitrogens with zero attached hydrogens (tertiary/aromatic N) is 3. The van der Waals surface area contributed by atoms with Crippen molar-refractivity contribution in [2.24, 2.45) is 0 Å². The third-order valence-electron chi connectivity index (χ3n) is 10.6. The van der Waals surface area contributed by atoms with Crippen molar-refractivity contribution in [3.8, 4) is 50.4 Å². The van der Waals surface area contributed by atoms with E-state index >= 15 is 0 Å². The lowest BCUT2D eigenvalue weighted by Gasteiger charge is -2.15. The Bertz CT molecular complexity index is 5870. The molecule has 3 heterocycles. The van der Waals surface area contributed by atoms with E-state index < -0.39 is 322 Å². The largest absolute Gasteiger partial charge is 0.309 e. The number of aromatic nitrogens is 3. The Morgan fingerprint density at radius 1 is 0.254 bits per heavy atom. The maximum Gasteiger partial charge on any atom is 0.0646 e. The van der Waals surface area contributed by atoms with Gasteiger partial charge in [-0.05, 0) is 112 Å². The molecule has 0 radical (unpaired) electrons.